The van der Waals surface area contributed by atoms with E-state index in [-0.39, 0.29) is 34.7 Å². The molecule has 0 radical (unpaired) electrons. The molecule has 0 N–H and O–H groups in total. The molecule has 33 heavy (non-hydrogen) atoms. The Morgan fingerprint density at radius 1 is 1.33 bits per heavy atom. The quantitative estimate of drug-likeness (QED) is 0.368. The highest BCUT2D eigenvalue weighted by atomic mass is 35.5. The van der Waals surface area contributed by atoms with Crippen molar-refractivity contribution in [2.45, 2.75) is 32.7 Å². The molecule has 11 heteroatoms. The number of allylic oxidation sites excluding steroid dienone is 4. The number of nitro groups is 1. The number of rotatable bonds is 7. The van der Waals surface area contributed by atoms with Gasteiger partial charge in [0.2, 0.25) is 5.82 Å². The van der Waals surface area contributed by atoms with Crippen LogP contribution in [0.25, 0.3) is 22.9 Å². The van der Waals surface area contributed by atoms with Gasteiger partial charge in [-0.05, 0) is 25.5 Å². The van der Waals surface area contributed by atoms with Gasteiger partial charge in [0.05, 0.1) is 21.7 Å². The minimum atomic E-state index is -0.620. The van der Waals surface area contributed by atoms with Crippen LogP contribution in [-0.4, -0.2) is 35.4 Å². The van der Waals surface area contributed by atoms with Crippen molar-refractivity contribution in [2.75, 3.05) is 0 Å². The second-order valence-corrected chi connectivity index (χ2v) is 7.64. The van der Waals surface area contributed by atoms with Crippen molar-refractivity contribution in [3.05, 3.63) is 75.0 Å². The Bertz CT molecular complexity index is 1300. The first-order chi connectivity index (χ1) is 15.9. The molecule has 4 rings (SSSR count). The number of aryl methyl sites for hydroxylation is 1. The molecule has 2 aromatic heterocycles. The van der Waals surface area contributed by atoms with Gasteiger partial charge in [-0.1, -0.05) is 17.7 Å². The fourth-order valence-corrected chi connectivity index (χ4v) is 3.89. The van der Waals surface area contributed by atoms with Crippen molar-refractivity contribution in [1.29, 1.82) is 0 Å². The molecule has 0 bridgehead atoms. The lowest BCUT2D eigenvalue weighted by atomic mass is 9.95. The molecule has 1 aliphatic rings. The predicted molar refractivity (Wildman–Crippen MR) is 119 cm³/mol. The zero-order valence-corrected chi connectivity index (χ0v) is 18.3. The number of nitro benzene ring substituents is 1. The Kier molecular flexibility index (Phi) is 6.36. The number of benzene rings is 1. The van der Waals surface area contributed by atoms with Gasteiger partial charge in [0.25, 0.3) is 5.69 Å². The highest BCUT2D eigenvalue weighted by molar-refractivity contribution is 6.35. The van der Waals surface area contributed by atoms with Gasteiger partial charge < -0.3 is 0 Å². The first kappa shape index (κ1) is 22.4. The average Bonchev–Trinajstić information content (AvgIpc) is 3.24. The van der Waals surface area contributed by atoms with Crippen LogP contribution in [0.4, 0.5) is 10.1 Å². The van der Waals surface area contributed by atoms with Crippen LogP contribution in [0.1, 0.15) is 25.3 Å². The van der Waals surface area contributed by atoms with E-state index < -0.39 is 16.5 Å². The summed E-state index contributed by atoms with van der Waals surface area (Å²) in [7, 11) is 0. The van der Waals surface area contributed by atoms with E-state index in [4.69, 9.17) is 11.6 Å². The number of carbonyl (C=O) groups is 1. The van der Waals surface area contributed by atoms with Crippen LogP contribution >= 0.6 is 11.6 Å². The van der Waals surface area contributed by atoms with E-state index in [1.165, 1.54) is 36.8 Å². The molecular formula is C22H18ClFN6O3. The highest BCUT2D eigenvalue weighted by Crippen LogP contribution is 2.33. The molecule has 0 unspecified atom stereocenters. The smallest absolute Gasteiger partial charge is 0.273 e. The third-order valence-electron chi connectivity index (χ3n) is 5.13. The number of Topliss-reactive ketones (excluding diaryl/α,β-unsaturated/α-hetero) is 1. The van der Waals surface area contributed by atoms with E-state index in [9.17, 15) is 19.3 Å². The Hall–Kier alpha value is -3.79. The third-order valence-corrected chi connectivity index (χ3v) is 5.47. The molecule has 168 valence electrons. The molecular weight excluding hydrogens is 451 g/mol. The van der Waals surface area contributed by atoms with Gasteiger partial charge in [-0.2, -0.15) is 0 Å². The fourth-order valence-electron chi connectivity index (χ4n) is 3.57. The lowest BCUT2D eigenvalue weighted by Gasteiger charge is -2.13. The lowest BCUT2D eigenvalue weighted by molar-refractivity contribution is -0.385. The molecule has 0 saturated carbocycles. The minimum absolute atomic E-state index is 0.0295. The molecule has 0 fully saturated rings. The lowest BCUT2D eigenvalue weighted by Crippen LogP contribution is -2.12. The van der Waals surface area contributed by atoms with Crippen molar-refractivity contribution >= 4 is 23.1 Å². The summed E-state index contributed by atoms with van der Waals surface area (Å²) in [6.45, 7) is 2.35. The second-order valence-electron chi connectivity index (χ2n) is 7.24. The summed E-state index contributed by atoms with van der Waals surface area (Å²) in [5, 5.41) is 16.1. The molecule has 0 aliphatic heterocycles. The van der Waals surface area contributed by atoms with Crippen molar-refractivity contribution < 1.29 is 14.1 Å². The van der Waals surface area contributed by atoms with Gasteiger partial charge >= 0.3 is 0 Å². The Morgan fingerprint density at radius 3 is 2.82 bits per heavy atom. The number of hydrogen-bond acceptors (Lipinski definition) is 7. The van der Waals surface area contributed by atoms with Gasteiger partial charge in [0, 0.05) is 49.0 Å². The molecule has 0 amide bonds. The number of aromatic nitrogens is 5. The monoisotopic (exact) mass is 468 g/mol. The molecule has 1 aliphatic carbocycles. The molecule has 0 atom stereocenters. The van der Waals surface area contributed by atoms with Gasteiger partial charge in [-0.25, -0.2) is 19.0 Å². The van der Waals surface area contributed by atoms with E-state index in [0.29, 0.717) is 35.9 Å². The average molecular weight is 469 g/mol. The van der Waals surface area contributed by atoms with Crippen molar-refractivity contribution in [2.24, 2.45) is 0 Å². The maximum atomic E-state index is 14.3. The van der Waals surface area contributed by atoms with Crippen LogP contribution in [0.15, 0.2) is 59.3 Å². The number of carbonyl (C=O) groups excluding carboxylic acids is 1. The standard InChI is InChI=1S/C22H18ClFN6O3/c1-2-29-22(27-21(28-29)17-12-25-8-9-26-17)13-6-7-18(30(32)33)14(10-13)11-19(31)20-15(23)4-3-5-16(20)24/h4,6-10,12H,2-3,5,11H2,1H3. The van der Waals surface area contributed by atoms with Gasteiger partial charge in [-0.3, -0.25) is 19.9 Å². The summed E-state index contributed by atoms with van der Waals surface area (Å²) in [5.41, 5.74) is 0.659. The van der Waals surface area contributed by atoms with E-state index >= 15 is 0 Å². The van der Waals surface area contributed by atoms with Crippen LogP contribution in [0.3, 0.4) is 0 Å². The number of nitrogens with zero attached hydrogens (tertiary/aromatic N) is 6. The van der Waals surface area contributed by atoms with Gasteiger partial charge in [-0.15, -0.1) is 5.10 Å². The van der Waals surface area contributed by atoms with Crippen molar-refractivity contribution in [1.82, 2.24) is 24.7 Å². The zero-order valence-electron chi connectivity index (χ0n) is 17.5. The Labute approximate surface area is 192 Å². The summed E-state index contributed by atoms with van der Waals surface area (Å²) >= 11 is 6.04. The summed E-state index contributed by atoms with van der Waals surface area (Å²) in [6.07, 6.45) is 6.25. The summed E-state index contributed by atoms with van der Waals surface area (Å²) in [4.78, 5) is 36.6. The van der Waals surface area contributed by atoms with Crippen LogP contribution in [0.5, 0.6) is 0 Å². The van der Waals surface area contributed by atoms with Crippen molar-refractivity contribution in [3.63, 3.8) is 0 Å². The number of hydrogen-bond donors (Lipinski definition) is 0. The minimum Gasteiger partial charge on any atom is -0.294 e. The Balaban J connectivity index is 1.75. The predicted octanol–water partition coefficient (Wildman–Crippen LogP) is 4.58. The van der Waals surface area contributed by atoms with E-state index in [2.05, 4.69) is 20.1 Å². The summed E-state index contributed by atoms with van der Waals surface area (Å²) in [5.74, 6) is -0.429. The Morgan fingerprint density at radius 2 is 2.15 bits per heavy atom. The maximum absolute atomic E-state index is 14.3. The molecule has 1 aromatic carbocycles. The molecule has 9 nitrogen and oxygen atoms in total. The van der Waals surface area contributed by atoms with E-state index in [0.717, 1.165) is 0 Å². The van der Waals surface area contributed by atoms with E-state index in [1.807, 2.05) is 6.92 Å². The number of ketones is 1. The van der Waals surface area contributed by atoms with Crippen LogP contribution in [-0.2, 0) is 17.8 Å². The third kappa shape index (κ3) is 4.56. The van der Waals surface area contributed by atoms with E-state index in [1.54, 1.807) is 10.8 Å². The highest BCUT2D eigenvalue weighted by Gasteiger charge is 2.26. The molecule has 2 heterocycles. The summed E-state index contributed by atoms with van der Waals surface area (Å²) in [6, 6.07) is 4.35. The first-order valence-corrected chi connectivity index (χ1v) is 10.5. The fraction of sp³-hybridized carbons (Fsp3) is 0.227. The molecule has 0 spiro atoms. The zero-order chi connectivity index (χ0) is 23.5. The summed E-state index contributed by atoms with van der Waals surface area (Å²) < 4.78 is 15.9. The normalized spacial score (nSPS) is 13.7. The van der Waals surface area contributed by atoms with Gasteiger partial charge in [0.15, 0.2) is 11.6 Å². The first-order valence-electron chi connectivity index (χ1n) is 10.2. The SMILES string of the molecule is CCn1nc(-c2cnccn2)nc1-c1ccc([N+](=O)[O-])c(CC(=O)C2=C(F)CCC=C2Cl)c1. The second kappa shape index (κ2) is 9.37. The largest absolute Gasteiger partial charge is 0.294 e. The number of halogens is 2. The molecule has 3 aromatic rings. The van der Waals surface area contributed by atoms with Gasteiger partial charge in [0.1, 0.15) is 11.5 Å². The van der Waals surface area contributed by atoms with Crippen molar-refractivity contribution in [3.8, 4) is 22.9 Å². The van der Waals surface area contributed by atoms with Crippen LogP contribution in [0.2, 0.25) is 0 Å². The maximum Gasteiger partial charge on any atom is 0.273 e. The molecule has 0 saturated heterocycles. The van der Waals surface area contributed by atoms with Crippen LogP contribution in [0, 0.1) is 10.1 Å². The van der Waals surface area contributed by atoms with Crippen LogP contribution < -0.4 is 0 Å². The topological polar surface area (TPSA) is 117 Å².